The van der Waals surface area contributed by atoms with Gasteiger partial charge in [0.05, 0.1) is 5.75 Å². The van der Waals surface area contributed by atoms with Gasteiger partial charge in [-0.2, -0.15) is 0 Å². The van der Waals surface area contributed by atoms with Crippen LogP contribution in [0.25, 0.3) is 11.2 Å². The molecule has 0 aliphatic carbocycles. The molecule has 0 spiro atoms. The Kier molecular flexibility index (Phi) is 5.64. The Hall–Kier alpha value is -1.08. The summed E-state index contributed by atoms with van der Waals surface area (Å²) in [6, 6.07) is 1.91. The maximum absolute atomic E-state index is 10.8. The van der Waals surface area contributed by atoms with Crippen molar-refractivity contribution in [3.8, 4) is 0 Å². The van der Waals surface area contributed by atoms with E-state index in [4.69, 9.17) is 5.11 Å². The number of halogens is 1. The van der Waals surface area contributed by atoms with Gasteiger partial charge < -0.3 is 9.67 Å². The van der Waals surface area contributed by atoms with Crippen molar-refractivity contribution >= 4 is 44.8 Å². The van der Waals surface area contributed by atoms with E-state index < -0.39 is 5.97 Å². The first-order valence-corrected chi connectivity index (χ1v) is 8.61. The molecule has 0 aliphatic heterocycles. The molecule has 114 valence electrons. The van der Waals surface area contributed by atoms with Gasteiger partial charge in [-0.1, -0.05) is 25.6 Å². The second-order valence-corrected chi connectivity index (χ2v) is 7.12. The predicted molar refractivity (Wildman–Crippen MR) is 87.7 cm³/mol. The number of carboxylic acid groups (broad SMARTS) is 1. The molecule has 2 aromatic heterocycles. The number of carboxylic acids is 1. The van der Waals surface area contributed by atoms with Crippen LogP contribution in [0.1, 0.15) is 26.7 Å². The molecule has 2 aromatic rings. The van der Waals surface area contributed by atoms with Crippen molar-refractivity contribution in [2.75, 3.05) is 5.75 Å². The van der Waals surface area contributed by atoms with Gasteiger partial charge in [-0.15, -0.1) is 0 Å². The lowest BCUT2D eigenvalue weighted by atomic mass is 10.1. The summed E-state index contributed by atoms with van der Waals surface area (Å²) in [6.07, 6.45) is 3.90. The summed E-state index contributed by atoms with van der Waals surface area (Å²) < 4.78 is 2.90. The van der Waals surface area contributed by atoms with Gasteiger partial charge >= 0.3 is 5.97 Å². The summed E-state index contributed by atoms with van der Waals surface area (Å²) in [4.78, 5) is 19.7. The lowest BCUT2D eigenvalue weighted by molar-refractivity contribution is -0.133. The Morgan fingerprint density at radius 2 is 2.29 bits per heavy atom. The average molecular weight is 372 g/mol. The number of hydrogen-bond donors (Lipinski definition) is 1. The van der Waals surface area contributed by atoms with E-state index >= 15 is 0 Å². The van der Waals surface area contributed by atoms with Crippen LogP contribution in [0.5, 0.6) is 0 Å². The number of rotatable bonds is 7. The van der Waals surface area contributed by atoms with E-state index in [9.17, 15) is 4.79 Å². The number of fused-ring (bicyclic) bond motifs is 1. The zero-order chi connectivity index (χ0) is 15.4. The molecule has 7 heteroatoms. The number of aliphatic carboxylic acids is 1. The van der Waals surface area contributed by atoms with Gasteiger partial charge in [0, 0.05) is 17.2 Å². The van der Waals surface area contributed by atoms with E-state index in [1.54, 1.807) is 6.20 Å². The molecule has 2 rings (SSSR count). The Labute approximate surface area is 136 Å². The molecule has 0 fully saturated rings. The Morgan fingerprint density at radius 3 is 2.95 bits per heavy atom. The molecule has 0 saturated carbocycles. The molecule has 0 atom stereocenters. The summed E-state index contributed by atoms with van der Waals surface area (Å²) in [5, 5.41) is 9.58. The van der Waals surface area contributed by atoms with Crippen LogP contribution in [-0.4, -0.2) is 31.4 Å². The highest BCUT2D eigenvalue weighted by molar-refractivity contribution is 9.10. The fourth-order valence-corrected chi connectivity index (χ4v) is 3.13. The van der Waals surface area contributed by atoms with Gasteiger partial charge in [0.2, 0.25) is 0 Å². The van der Waals surface area contributed by atoms with Gasteiger partial charge in [-0.3, -0.25) is 4.79 Å². The highest BCUT2D eigenvalue weighted by atomic mass is 79.9. The molecule has 0 aliphatic rings. The van der Waals surface area contributed by atoms with Gasteiger partial charge in [0.15, 0.2) is 10.8 Å². The quantitative estimate of drug-likeness (QED) is 0.749. The van der Waals surface area contributed by atoms with Crippen LogP contribution in [0.15, 0.2) is 21.9 Å². The predicted octanol–water partition coefficient (Wildman–Crippen LogP) is 3.81. The number of aryl methyl sites for hydroxylation is 1. The van der Waals surface area contributed by atoms with Crippen LogP contribution in [-0.2, 0) is 11.3 Å². The summed E-state index contributed by atoms with van der Waals surface area (Å²) in [5.41, 5.74) is 1.61. The van der Waals surface area contributed by atoms with Crippen LogP contribution in [0, 0.1) is 5.92 Å². The normalized spacial score (nSPS) is 11.4. The molecule has 0 aromatic carbocycles. The van der Waals surface area contributed by atoms with E-state index in [2.05, 4.69) is 39.7 Å². The van der Waals surface area contributed by atoms with Crippen molar-refractivity contribution in [3.05, 3.63) is 16.7 Å². The summed E-state index contributed by atoms with van der Waals surface area (Å²) >= 11 is 4.63. The number of pyridine rings is 1. The standard InChI is InChI=1S/C14H18BrN3O2S/c1-9(2)4-3-5-18-13-11(6-10(15)7-16-13)17-14(18)21-8-12(19)20/h6-7,9H,3-5,8H2,1-2H3,(H,19,20). The number of imidazole rings is 1. The van der Waals surface area contributed by atoms with E-state index in [1.165, 1.54) is 11.8 Å². The summed E-state index contributed by atoms with van der Waals surface area (Å²) in [6.45, 7) is 5.20. The third-order valence-corrected chi connectivity index (χ3v) is 4.40. The maximum atomic E-state index is 10.8. The molecule has 2 heterocycles. The minimum Gasteiger partial charge on any atom is -0.481 e. The van der Waals surface area contributed by atoms with Crippen LogP contribution in [0.3, 0.4) is 0 Å². The third-order valence-electron chi connectivity index (χ3n) is 3.00. The molecule has 0 radical (unpaired) electrons. The van der Waals surface area contributed by atoms with Gasteiger partial charge in [0.1, 0.15) is 5.52 Å². The Bertz CT molecular complexity index is 642. The molecular weight excluding hydrogens is 354 g/mol. The van der Waals surface area contributed by atoms with Crippen molar-refractivity contribution in [2.45, 2.75) is 38.4 Å². The monoisotopic (exact) mass is 371 g/mol. The van der Waals surface area contributed by atoms with Gasteiger partial charge in [-0.25, -0.2) is 9.97 Å². The van der Waals surface area contributed by atoms with Gasteiger partial charge in [-0.05, 0) is 40.8 Å². The fraction of sp³-hybridized carbons (Fsp3) is 0.500. The molecule has 0 unspecified atom stereocenters. The molecule has 21 heavy (non-hydrogen) atoms. The van der Waals surface area contributed by atoms with Gasteiger partial charge in [0.25, 0.3) is 0 Å². The molecule has 0 bridgehead atoms. The number of nitrogens with zero attached hydrogens (tertiary/aromatic N) is 3. The average Bonchev–Trinajstić information content (AvgIpc) is 2.73. The molecular formula is C14H18BrN3O2S. The van der Waals surface area contributed by atoms with E-state index in [1.807, 2.05) is 10.6 Å². The van der Waals surface area contributed by atoms with Crippen LogP contribution < -0.4 is 0 Å². The van der Waals surface area contributed by atoms with E-state index in [0.29, 0.717) is 5.92 Å². The topological polar surface area (TPSA) is 68.0 Å². The first-order valence-electron chi connectivity index (χ1n) is 6.83. The highest BCUT2D eigenvalue weighted by Crippen LogP contribution is 2.25. The second kappa shape index (κ2) is 7.26. The zero-order valence-electron chi connectivity index (χ0n) is 12.0. The fourth-order valence-electron chi connectivity index (χ4n) is 2.06. The maximum Gasteiger partial charge on any atom is 0.313 e. The number of aromatic nitrogens is 3. The van der Waals surface area contributed by atoms with Crippen LogP contribution in [0.2, 0.25) is 0 Å². The summed E-state index contributed by atoms with van der Waals surface area (Å²) in [5.74, 6) is -0.179. The van der Waals surface area contributed by atoms with E-state index in [-0.39, 0.29) is 5.75 Å². The first-order chi connectivity index (χ1) is 9.97. The van der Waals surface area contributed by atoms with Crippen molar-refractivity contribution < 1.29 is 9.90 Å². The minimum absolute atomic E-state index is 0.00860. The third kappa shape index (κ3) is 4.44. The Morgan fingerprint density at radius 1 is 1.52 bits per heavy atom. The lowest BCUT2D eigenvalue weighted by Gasteiger charge is -2.09. The van der Waals surface area contributed by atoms with Crippen molar-refractivity contribution in [1.29, 1.82) is 0 Å². The van der Waals surface area contributed by atoms with E-state index in [0.717, 1.165) is 40.2 Å². The molecule has 0 amide bonds. The summed E-state index contributed by atoms with van der Waals surface area (Å²) in [7, 11) is 0. The smallest absolute Gasteiger partial charge is 0.313 e. The largest absolute Gasteiger partial charge is 0.481 e. The van der Waals surface area contributed by atoms with Crippen molar-refractivity contribution in [3.63, 3.8) is 0 Å². The second-order valence-electron chi connectivity index (χ2n) is 5.26. The van der Waals surface area contributed by atoms with Crippen LogP contribution >= 0.6 is 27.7 Å². The zero-order valence-corrected chi connectivity index (χ0v) is 14.4. The van der Waals surface area contributed by atoms with Crippen molar-refractivity contribution in [1.82, 2.24) is 14.5 Å². The number of carbonyl (C=O) groups is 1. The number of thioether (sulfide) groups is 1. The minimum atomic E-state index is -0.838. The Balaban J connectivity index is 2.27. The number of hydrogen-bond acceptors (Lipinski definition) is 4. The molecule has 0 saturated heterocycles. The van der Waals surface area contributed by atoms with Crippen LogP contribution in [0.4, 0.5) is 0 Å². The lowest BCUT2D eigenvalue weighted by Crippen LogP contribution is -2.05. The SMILES string of the molecule is CC(C)CCCn1c(SCC(=O)O)nc2cc(Br)cnc21. The molecule has 5 nitrogen and oxygen atoms in total. The molecule has 1 N–H and O–H groups in total. The first kappa shape index (κ1) is 16.3. The highest BCUT2D eigenvalue weighted by Gasteiger charge is 2.14. The van der Waals surface area contributed by atoms with Crippen molar-refractivity contribution in [2.24, 2.45) is 5.92 Å².